The van der Waals surface area contributed by atoms with E-state index in [-0.39, 0.29) is 17.6 Å². The van der Waals surface area contributed by atoms with Crippen molar-refractivity contribution in [2.45, 2.75) is 17.2 Å². The third-order valence-electron chi connectivity index (χ3n) is 5.39. The molecule has 2 aromatic carbocycles. The van der Waals surface area contributed by atoms with Crippen molar-refractivity contribution in [3.8, 4) is 0 Å². The van der Waals surface area contributed by atoms with E-state index in [1.54, 1.807) is 24.3 Å². The molecule has 1 saturated heterocycles. The topological polar surface area (TPSA) is 57.7 Å². The maximum Gasteiger partial charge on any atom is 0.230 e. The Morgan fingerprint density at radius 1 is 0.963 bits per heavy atom. The van der Waals surface area contributed by atoms with E-state index in [0.29, 0.717) is 35.0 Å². The highest BCUT2D eigenvalue weighted by molar-refractivity contribution is 7.91. The predicted molar refractivity (Wildman–Crippen MR) is 106 cm³/mol. The van der Waals surface area contributed by atoms with Gasteiger partial charge in [-0.05, 0) is 42.3 Å². The third kappa shape index (κ3) is 3.56. The van der Waals surface area contributed by atoms with Gasteiger partial charge in [-0.15, -0.1) is 0 Å². The highest BCUT2D eigenvalue weighted by Crippen LogP contribution is 2.35. The van der Waals surface area contributed by atoms with Crippen LogP contribution in [0.4, 0.5) is 5.69 Å². The van der Waals surface area contributed by atoms with Crippen LogP contribution < -0.4 is 4.90 Å². The Balaban J connectivity index is 1.48. The molecule has 1 atom stereocenters. The summed E-state index contributed by atoms with van der Waals surface area (Å²) in [5, 5.41) is 0.707. The summed E-state index contributed by atoms with van der Waals surface area (Å²) in [5.41, 5.74) is 1.74. The maximum absolute atomic E-state index is 13.1. The van der Waals surface area contributed by atoms with Crippen molar-refractivity contribution < 1.29 is 13.2 Å². The number of amides is 1. The van der Waals surface area contributed by atoms with Gasteiger partial charge in [-0.3, -0.25) is 4.79 Å². The molecule has 2 aliphatic heterocycles. The molecule has 0 bridgehead atoms. The Morgan fingerprint density at radius 2 is 1.63 bits per heavy atom. The van der Waals surface area contributed by atoms with Gasteiger partial charge in [0.15, 0.2) is 9.84 Å². The molecule has 0 spiro atoms. The number of piperazine rings is 1. The van der Waals surface area contributed by atoms with Crippen LogP contribution in [0.25, 0.3) is 0 Å². The standard InChI is InChI=1S/C20H21ClN2O3S/c21-15-5-7-16(8-6-15)22-10-12-23(13-11-22)20(24)18-9-14-27(25,26)19-4-2-1-3-17(18)19/h1-8,18H,9-14H2. The first-order valence-electron chi connectivity index (χ1n) is 9.07. The Morgan fingerprint density at radius 3 is 2.33 bits per heavy atom. The predicted octanol–water partition coefficient (Wildman–Crippen LogP) is 2.95. The fourth-order valence-corrected chi connectivity index (χ4v) is 5.65. The van der Waals surface area contributed by atoms with Gasteiger partial charge < -0.3 is 9.80 Å². The lowest BCUT2D eigenvalue weighted by Crippen LogP contribution is -2.50. The minimum atomic E-state index is -3.28. The van der Waals surface area contributed by atoms with Crippen molar-refractivity contribution in [1.82, 2.24) is 4.90 Å². The summed E-state index contributed by atoms with van der Waals surface area (Å²) < 4.78 is 24.6. The van der Waals surface area contributed by atoms with Crippen molar-refractivity contribution in [1.29, 1.82) is 0 Å². The number of rotatable bonds is 2. The van der Waals surface area contributed by atoms with Crippen LogP contribution in [0.2, 0.25) is 5.02 Å². The molecular formula is C20H21ClN2O3S. The molecular weight excluding hydrogens is 384 g/mol. The van der Waals surface area contributed by atoms with Crippen molar-refractivity contribution in [3.63, 3.8) is 0 Å². The summed E-state index contributed by atoms with van der Waals surface area (Å²) in [4.78, 5) is 17.5. The Labute approximate surface area is 164 Å². The second kappa shape index (κ2) is 7.17. The molecule has 27 heavy (non-hydrogen) atoms. The first-order chi connectivity index (χ1) is 13.0. The van der Waals surface area contributed by atoms with E-state index in [4.69, 9.17) is 11.6 Å². The van der Waals surface area contributed by atoms with E-state index in [1.807, 2.05) is 29.2 Å². The van der Waals surface area contributed by atoms with Gasteiger partial charge in [0.1, 0.15) is 0 Å². The van der Waals surface area contributed by atoms with Crippen LogP contribution in [0, 0.1) is 0 Å². The minimum Gasteiger partial charge on any atom is -0.368 e. The van der Waals surface area contributed by atoms with Crippen molar-refractivity contribution >= 4 is 33.0 Å². The van der Waals surface area contributed by atoms with Gasteiger partial charge in [0.2, 0.25) is 5.91 Å². The number of anilines is 1. The number of nitrogens with zero attached hydrogens (tertiary/aromatic N) is 2. The SMILES string of the molecule is O=C(C1CCS(=O)(=O)c2ccccc21)N1CCN(c2ccc(Cl)cc2)CC1. The molecule has 0 aromatic heterocycles. The zero-order chi connectivity index (χ0) is 19.0. The average Bonchev–Trinajstić information content (AvgIpc) is 2.69. The zero-order valence-corrected chi connectivity index (χ0v) is 16.4. The highest BCUT2D eigenvalue weighted by Gasteiger charge is 2.36. The number of hydrogen-bond donors (Lipinski definition) is 0. The first-order valence-corrected chi connectivity index (χ1v) is 11.1. The average molecular weight is 405 g/mol. The Bertz CT molecular complexity index is 951. The molecule has 7 heteroatoms. The Kier molecular flexibility index (Phi) is 4.86. The normalized spacial score (nSPS) is 21.6. The summed E-state index contributed by atoms with van der Waals surface area (Å²) >= 11 is 5.95. The van der Waals surface area contributed by atoms with Gasteiger partial charge in [-0.25, -0.2) is 8.42 Å². The second-order valence-electron chi connectivity index (χ2n) is 6.99. The van der Waals surface area contributed by atoms with E-state index in [1.165, 1.54) is 0 Å². The lowest BCUT2D eigenvalue weighted by atomic mass is 9.94. The molecule has 2 aliphatic rings. The molecule has 142 valence electrons. The smallest absolute Gasteiger partial charge is 0.230 e. The van der Waals surface area contributed by atoms with Gasteiger partial charge >= 0.3 is 0 Å². The fourth-order valence-electron chi connectivity index (χ4n) is 3.90. The van der Waals surface area contributed by atoms with Crippen LogP contribution in [-0.2, 0) is 14.6 Å². The molecule has 1 unspecified atom stereocenters. The summed E-state index contributed by atoms with van der Waals surface area (Å²) in [6, 6.07) is 14.6. The van der Waals surface area contributed by atoms with Crippen molar-refractivity contribution in [2.24, 2.45) is 0 Å². The molecule has 5 nitrogen and oxygen atoms in total. The number of sulfone groups is 1. The lowest BCUT2D eigenvalue weighted by molar-refractivity contribution is -0.133. The van der Waals surface area contributed by atoms with Crippen LogP contribution in [0.15, 0.2) is 53.4 Å². The van der Waals surface area contributed by atoms with E-state index >= 15 is 0 Å². The molecule has 0 saturated carbocycles. The van der Waals surface area contributed by atoms with E-state index in [9.17, 15) is 13.2 Å². The summed E-state index contributed by atoms with van der Waals surface area (Å²) in [6.07, 6.45) is 0.357. The molecule has 2 aromatic rings. The van der Waals surface area contributed by atoms with E-state index in [0.717, 1.165) is 18.8 Å². The molecule has 2 heterocycles. The highest BCUT2D eigenvalue weighted by atomic mass is 35.5. The van der Waals surface area contributed by atoms with Crippen LogP contribution in [0.5, 0.6) is 0 Å². The van der Waals surface area contributed by atoms with Crippen LogP contribution in [-0.4, -0.2) is 51.2 Å². The number of carbonyl (C=O) groups excluding carboxylic acids is 1. The summed E-state index contributed by atoms with van der Waals surface area (Å²) in [7, 11) is -3.28. The van der Waals surface area contributed by atoms with E-state index in [2.05, 4.69) is 4.90 Å². The number of carbonyl (C=O) groups is 1. The molecule has 0 radical (unpaired) electrons. The zero-order valence-electron chi connectivity index (χ0n) is 14.8. The van der Waals surface area contributed by atoms with Gasteiger partial charge in [-0.2, -0.15) is 0 Å². The van der Waals surface area contributed by atoms with Crippen molar-refractivity contribution in [2.75, 3.05) is 36.8 Å². The molecule has 0 N–H and O–H groups in total. The summed E-state index contributed by atoms with van der Waals surface area (Å²) in [5.74, 6) is -0.301. The van der Waals surface area contributed by atoms with Crippen LogP contribution in [0.3, 0.4) is 0 Å². The molecule has 0 aliphatic carbocycles. The van der Waals surface area contributed by atoms with Gasteiger partial charge in [0, 0.05) is 36.9 Å². The number of benzene rings is 2. The Hall–Kier alpha value is -2.05. The fraction of sp³-hybridized carbons (Fsp3) is 0.350. The van der Waals surface area contributed by atoms with Crippen LogP contribution in [0.1, 0.15) is 17.9 Å². The number of halogens is 1. The second-order valence-corrected chi connectivity index (χ2v) is 9.50. The largest absolute Gasteiger partial charge is 0.368 e. The first kappa shape index (κ1) is 18.3. The number of hydrogen-bond acceptors (Lipinski definition) is 4. The maximum atomic E-state index is 13.1. The quantitative estimate of drug-likeness (QED) is 0.772. The monoisotopic (exact) mass is 404 g/mol. The summed E-state index contributed by atoms with van der Waals surface area (Å²) in [6.45, 7) is 2.76. The van der Waals surface area contributed by atoms with Gasteiger partial charge in [0.25, 0.3) is 0 Å². The van der Waals surface area contributed by atoms with Gasteiger partial charge in [-0.1, -0.05) is 29.8 Å². The van der Waals surface area contributed by atoms with Gasteiger partial charge in [0.05, 0.1) is 16.6 Å². The molecule has 4 rings (SSSR count). The van der Waals surface area contributed by atoms with E-state index < -0.39 is 9.84 Å². The molecule has 1 amide bonds. The minimum absolute atomic E-state index is 0.0329. The van der Waals surface area contributed by atoms with Crippen LogP contribution >= 0.6 is 11.6 Å². The van der Waals surface area contributed by atoms with Crippen molar-refractivity contribution in [3.05, 3.63) is 59.1 Å². The number of fused-ring (bicyclic) bond motifs is 1. The molecule has 1 fully saturated rings. The lowest BCUT2D eigenvalue weighted by Gasteiger charge is -2.38. The third-order valence-corrected chi connectivity index (χ3v) is 7.45.